The predicted molar refractivity (Wildman–Crippen MR) is 60.9 cm³/mol. The van der Waals surface area contributed by atoms with Crippen LogP contribution in [0.2, 0.25) is 0 Å². The van der Waals surface area contributed by atoms with E-state index in [1.54, 1.807) is 11.3 Å². The highest BCUT2D eigenvalue weighted by Crippen LogP contribution is 2.22. The van der Waals surface area contributed by atoms with Crippen LogP contribution in [0.15, 0.2) is 35.8 Å². The molecular formula is C11H12N2S. The van der Waals surface area contributed by atoms with Gasteiger partial charge in [0.25, 0.3) is 0 Å². The molecule has 0 bridgehead atoms. The van der Waals surface area contributed by atoms with Crippen molar-refractivity contribution in [2.45, 2.75) is 13.0 Å². The molecule has 0 radical (unpaired) electrons. The minimum Gasteiger partial charge on any atom is -0.325 e. The molecule has 0 spiro atoms. The summed E-state index contributed by atoms with van der Waals surface area (Å²) >= 11 is 1.65. The minimum atomic E-state index is 0.517. The van der Waals surface area contributed by atoms with Gasteiger partial charge in [0.1, 0.15) is 5.01 Å². The second kappa shape index (κ2) is 4.35. The lowest BCUT2D eigenvalue weighted by atomic mass is 10.2. The smallest absolute Gasteiger partial charge is 0.123 e. The molecule has 0 saturated carbocycles. The summed E-state index contributed by atoms with van der Waals surface area (Å²) in [6.45, 7) is 0.517. The van der Waals surface area contributed by atoms with Gasteiger partial charge in [-0.15, -0.1) is 11.3 Å². The first-order valence-electron chi connectivity index (χ1n) is 4.58. The first-order valence-corrected chi connectivity index (χ1v) is 5.46. The number of nitrogens with two attached hydrogens (primary N) is 1. The molecule has 0 aromatic carbocycles. The molecule has 0 fully saturated rings. The summed E-state index contributed by atoms with van der Waals surface area (Å²) in [5, 5.41) is 3.06. The standard InChI is InChI=1S/C11H12N2S/c12-7-10-8-14-11(13-10)9-5-3-1-2-4-6-9/h1,3-6,8H,2,7,12H2. The zero-order valence-corrected chi connectivity index (χ0v) is 8.63. The maximum Gasteiger partial charge on any atom is 0.123 e. The third-order valence-electron chi connectivity index (χ3n) is 1.99. The molecule has 72 valence electrons. The van der Waals surface area contributed by atoms with Crippen molar-refractivity contribution in [2.75, 3.05) is 0 Å². The Morgan fingerprint density at radius 1 is 1.43 bits per heavy atom. The Labute approximate surface area is 87.5 Å². The highest BCUT2D eigenvalue weighted by Gasteiger charge is 2.03. The molecule has 0 amide bonds. The Balaban J connectivity index is 2.29. The van der Waals surface area contributed by atoms with Crippen LogP contribution in [0.5, 0.6) is 0 Å². The number of rotatable bonds is 2. The van der Waals surface area contributed by atoms with Gasteiger partial charge >= 0.3 is 0 Å². The van der Waals surface area contributed by atoms with Gasteiger partial charge in [0.15, 0.2) is 0 Å². The zero-order valence-electron chi connectivity index (χ0n) is 7.81. The number of hydrogen-bond donors (Lipinski definition) is 1. The lowest BCUT2D eigenvalue weighted by Gasteiger charge is -1.93. The number of thiazole rings is 1. The highest BCUT2D eigenvalue weighted by molar-refractivity contribution is 7.10. The van der Waals surface area contributed by atoms with E-state index in [0.29, 0.717) is 6.54 Å². The van der Waals surface area contributed by atoms with Crippen molar-refractivity contribution in [3.8, 4) is 0 Å². The third-order valence-corrected chi connectivity index (χ3v) is 2.93. The van der Waals surface area contributed by atoms with E-state index in [1.165, 1.54) is 5.57 Å². The van der Waals surface area contributed by atoms with E-state index in [9.17, 15) is 0 Å². The second-order valence-corrected chi connectivity index (χ2v) is 3.89. The minimum absolute atomic E-state index is 0.517. The van der Waals surface area contributed by atoms with Crippen LogP contribution in [0.25, 0.3) is 5.57 Å². The van der Waals surface area contributed by atoms with Crippen molar-refractivity contribution >= 4 is 16.9 Å². The number of hydrogen-bond acceptors (Lipinski definition) is 3. The molecule has 2 nitrogen and oxygen atoms in total. The number of allylic oxidation sites excluding steroid dienone is 6. The molecular weight excluding hydrogens is 192 g/mol. The van der Waals surface area contributed by atoms with Crippen LogP contribution in [0, 0.1) is 0 Å². The monoisotopic (exact) mass is 204 g/mol. The molecule has 2 N–H and O–H groups in total. The molecule has 1 aromatic heterocycles. The van der Waals surface area contributed by atoms with Gasteiger partial charge in [-0.1, -0.05) is 30.4 Å². The van der Waals surface area contributed by atoms with E-state index in [0.717, 1.165) is 17.1 Å². The summed E-state index contributed by atoms with van der Waals surface area (Å²) in [6.07, 6.45) is 11.5. The summed E-state index contributed by atoms with van der Waals surface area (Å²) in [4.78, 5) is 4.43. The fraction of sp³-hybridized carbons (Fsp3) is 0.182. The Morgan fingerprint density at radius 3 is 3.14 bits per heavy atom. The van der Waals surface area contributed by atoms with Gasteiger partial charge in [0.05, 0.1) is 5.69 Å². The van der Waals surface area contributed by atoms with E-state index < -0.39 is 0 Å². The van der Waals surface area contributed by atoms with Crippen LogP contribution in [0.4, 0.5) is 0 Å². The van der Waals surface area contributed by atoms with Crippen molar-refractivity contribution in [1.82, 2.24) is 4.98 Å². The number of nitrogens with zero attached hydrogens (tertiary/aromatic N) is 1. The van der Waals surface area contributed by atoms with E-state index in [4.69, 9.17) is 5.73 Å². The number of aromatic nitrogens is 1. The molecule has 1 heterocycles. The lowest BCUT2D eigenvalue weighted by molar-refractivity contribution is 1.01. The summed E-state index contributed by atoms with van der Waals surface area (Å²) in [6, 6.07) is 0. The van der Waals surface area contributed by atoms with Gasteiger partial charge in [-0.2, -0.15) is 0 Å². The molecule has 3 heteroatoms. The first kappa shape index (κ1) is 9.37. The molecule has 0 unspecified atom stereocenters. The van der Waals surface area contributed by atoms with Gasteiger partial charge < -0.3 is 5.73 Å². The molecule has 0 atom stereocenters. The van der Waals surface area contributed by atoms with Gasteiger partial charge in [-0.05, 0) is 6.42 Å². The molecule has 0 saturated heterocycles. The third kappa shape index (κ3) is 2.00. The van der Waals surface area contributed by atoms with Crippen molar-refractivity contribution < 1.29 is 0 Å². The largest absolute Gasteiger partial charge is 0.325 e. The molecule has 1 aliphatic rings. The summed E-state index contributed by atoms with van der Waals surface area (Å²) in [5.74, 6) is 0. The van der Waals surface area contributed by atoms with E-state index >= 15 is 0 Å². The topological polar surface area (TPSA) is 38.9 Å². The van der Waals surface area contributed by atoms with Gasteiger partial charge in [-0.3, -0.25) is 0 Å². The first-order chi connectivity index (χ1) is 6.90. The lowest BCUT2D eigenvalue weighted by Crippen LogP contribution is -1.96. The normalized spacial score (nSPS) is 15.4. The van der Waals surface area contributed by atoms with Gasteiger partial charge in [-0.25, -0.2) is 4.98 Å². The van der Waals surface area contributed by atoms with Crippen molar-refractivity contribution in [2.24, 2.45) is 5.73 Å². The molecule has 2 rings (SSSR count). The van der Waals surface area contributed by atoms with Crippen LogP contribution in [0.1, 0.15) is 17.1 Å². The van der Waals surface area contributed by atoms with Crippen LogP contribution in [-0.4, -0.2) is 4.98 Å². The summed E-state index contributed by atoms with van der Waals surface area (Å²) in [7, 11) is 0. The molecule has 14 heavy (non-hydrogen) atoms. The predicted octanol–water partition coefficient (Wildman–Crippen LogP) is 2.50. The Kier molecular flexibility index (Phi) is 2.91. The summed E-state index contributed by atoms with van der Waals surface area (Å²) < 4.78 is 0. The zero-order chi connectivity index (χ0) is 9.80. The fourth-order valence-corrected chi connectivity index (χ4v) is 2.09. The molecule has 1 aromatic rings. The quantitative estimate of drug-likeness (QED) is 0.804. The van der Waals surface area contributed by atoms with Gasteiger partial charge in [0, 0.05) is 17.5 Å². The van der Waals surface area contributed by atoms with Crippen molar-refractivity contribution in [3.63, 3.8) is 0 Å². The van der Waals surface area contributed by atoms with Crippen LogP contribution < -0.4 is 5.73 Å². The highest BCUT2D eigenvalue weighted by atomic mass is 32.1. The summed E-state index contributed by atoms with van der Waals surface area (Å²) in [5.41, 5.74) is 7.65. The average molecular weight is 204 g/mol. The maximum absolute atomic E-state index is 5.52. The Hall–Kier alpha value is -1.19. The molecule has 0 aliphatic heterocycles. The Bertz CT molecular complexity index is 399. The van der Waals surface area contributed by atoms with E-state index in [1.807, 2.05) is 5.38 Å². The van der Waals surface area contributed by atoms with Crippen LogP contribution in [0.3, 0.4) is 0 Å². The van der Waals surface area contributed by atoms with Crippen molar-refractivity contribution in [3.05, 3.63) is 46.5 Å². The fourth-order valence-electron chi connectivity index (χ4n) is 1.26. The van der Waals surface area contributed by atoms with Crippen LogP contribution in [-0.2, 0) is 6.54 Å². The average Bonchev–Trinajstić information content (AvgIpc) is 2.53. The maximum atomic E-state index is 5.52. The SMILES string of the molecule is NCc1csc(C2=CC=CCC=C2)n1. The Morgan fingerprint density at radius 2 is 2.36 bits per heavy atom. The van der Waals surface area contributed by atoms with E-state index in [-0.39, 0.29) is 0 Å². The van der Waals surface area contributed by atoms with E-state index in [2.05, 4.69) is 35.4 Å². The second-order valence-electron chi connectivity index (χ2n) is 3.04. The van der Waals surface area contributed by atoms with Gasteiger partial charge in [0.2, 0.25) is 0 Å². The van der Waals surface area contributed by atoms with Crippen LogP contribution >= 0.6 is 11.3 Å². The van der Waals surface area contributed by atoms with Crippen molar-refractivity contribution in [1.29, 1.82) is 0 Å². The molecule has 1 aliphatic carbocycles.